The van der Waals surface area contributed by atoms with E-state index < -0.39 is 0 Å². The van der Waals surface area contributed by atoms with Gasteiger partial charge in [-0.3, -0.25) is 9.59 Å². The molecule has 28 heavy (non-hydrogen) atoms. The zero-order chi connectivity index (χ0) is 20.1. The molecule has 0 bridgehead atoms. The van der Waals surface area contributed by atoms with Gasteiger partial charge < -0.3 is 19.7 Å². The number of amides is 1. The van der Waals surface area contributed by atoms with Crippen molar-refractivity contribution in [2.24, 2.45) is 5.92 Å². The molecule has 0 radical (unpaired) electrons. The third-order valence-electron chi connectivity index (χ3n) is 4.87. The molecular weight excluding hydrogens is 360 g/mol. The fraction of sp³-hybridized carbons (Fsp3) is 0.400. The highest BCUT2D eigenvalue weighted by Crippen LogP contribution is 2.30. The lowest BCUT2D eigenvalue weighted by molar-refractivity contribution is 0.0636. The fourth-order valence-electron chi connectivity index (χ4n) is 3.35. The second-order valence-electron chi connectivity index (χ2n) is 6.57. The van der Waals surface area contributed by atoms with E-state index >= 15 is 0 Å². The van der Waals surface area contributed by atoms with Crippen LogP contribution in [0.3, 0.4) is 0 Å². The summed E-state index contributed by atoms with van der Waals surface area (Å²) < 4.78 is 10.5. The van der Waals surface area contributed by atoms with Gasteiger partial charge in [-0.2, -0.15) is 0 Å². The van der Waals surface area contributed by atoms with Gasteiger partial charge in [-0.15, -0.1) is 0 Å². The van der Waals surface area contributed by atoms with E-state index in [9.17, 15) is 9.59 Å². The first-order chi connectivity index (χ1) is 13.6. The first kappa shape index (κ1) is 19.6. The molecule has 3 rings (SSSR count). The number of methoxy groups -OCH3 is 2. The van der Waals surface area contributed by atoms with Crippen molar-refractivity contribution in [3.8, 4) is 11.5 Å². The summed E-state index contributed by atoms with van der Waals surface area (Å²) in [7, 11) is 4.80. The fourth-order valence-corrected chi connectivity index (χ4v) is 3.35. The Kier molecular flexibility index (Phi) is 6.08. The molecule has 1 aliphatic heterocycles. The number of hydrogen-bond acceptors (Lipinski definition) is 7. The molecule has 0 aliphatic carbocycles. The number of rotatable bonds is 6. The molecule has 1 aliphatic rings. The number of carbonyl (C=O) groups is 2. The number of hydrogen-bond donors (Lipinski definition) is 1. The summed E-state index contributed by atoms with van der Waals surface area (Å²) in [6, 6.07) is 5.14. The Balaban J connectivity index is 1.73. The molecular formula is C20H24N4O4. The number of ketones is 1. The molecule has 2 aromatic rings. The molecule has 8 heteroatoms. The lowest BCUT2D eigenvalue weighted by Gasteiger charge is -2.32. The summed E-state index contributed by atoms with van der Waals surface area (Å²) in [5.41, 5.74) is 0.969. The molecule has 0 spiro atoms. The Morgan fingerprint density at radius 2 is 1.82 bits per heavy atom. The average Bonchev–Trinajstić information content (AvgIpc) is 2.77. The maximum Gasteiger partial charge on any atom is 0.257 e. The quantitative estimate of drug-likeness (QED) is 0.764. The van der Waals surface area contributed by atoms with Crippen LogP contribution >= 0.6 is 0 Å². The summed E-state index contributed by atoms with van der Waals surface area (Å²) in [5.74, 6) is 1.13. The summed E-state index contributed by atoms with van der Waals surface area (Å²) >= 11 is 0. The van der Waals surface area contributed by atoms with Gasteiger partial charge in [0.2, 0.25) is 5.95 Å². The second kappa shape index (κ2) is 8.69. The number of nitrogens with zero attached hydrogens (tertiary/aromatic N) is 3. The van der Waals surface area contributed by atoms with E-state index in [4.69, 9.17) is 9.47 Å². The first-order valence-electron chi connectivity index (χ1n) is 9.12. The van der Waals surface area contributed by atoms with Gasteiger partial charge in [0.15, 0.2) is 17.3 Å². The SMILES string of the molecule is CNc1ncc(C(=O)N2CCCC(C(=O)c3ccc(OC)c(OC)c3)C2)cn1. The van der Waals surface area contributed by atoms with E-state index in [1.165, 1.54) is 19.5 Å². The number of anilines is 1. The molecule has 1 saturated heterocycles. The number of nitrogens with one attached hydrogen (secondary N) is 1. The highest BCUT2D eigenvalue weighted by atomic mass is 16.5. The van der Waals surface area contributed by atoms with Crippen LogP contribution in [0.4, 0.5) is 5.95 Å². The van der Waals surface area contributed by atoms with E-state index in [1.54, 1.807) is 37.3 Å². The van der Waals surface area contributed by atoms with E-state index in [-0.39, 0.29) is 17.6 Å². The minimum Gasteiger partial charge on any atom is -0.493 e. The Labute approximate surface area is 163 Å². The molecule has 1 amide bonds. The lowest BCUT2D eigenvalue weighted by Crippen LogP contribution is -2.42. The third kappa shape index (κ3) is 4.05. The molecule has 1 atom stereocenters. The molecule has 1 unspecified atom stereocenters. The van der Waals surface area contributed by atoms with Gasteiger partial charge in [0.05, 0.1) is 19.8 Å². The Bertz CT molecular complexity index is 854. The van der Waals surface area contributed by atoms with E-state index in [1.807, 2.05) is 0 Å². The molecule has 148 valence electrons. The number of aromatic nitrogens is 2. The van der Waals surface area contributed by atoms with Gasteiger partial charge in [-0.1, -0.05) is 0 Å². The van der Waals surface area contributed by atoms with Gasteiger partial charge in [0, 0.05) is 44.0 Å². The maximum atomic E-state index is 13.0. The molecule has 1 N–H and O–H groups in total. The van der Waals surface area contributed by atoms with Gasteiger partial charge in [-0.05, 0) is 31.0 Å². The number of ether oxygens (including phenoxy) is 2. The second-order valence-corrected chi connectivity index (χ2v) is 6.57. The van der Waals surface area contributed by atoms with Crippen LogP contribution in [-0.2, 0) is 0 Å². The van der Waals surface area contributed by atoms with Crippen LogP contribution in [0.25, 0.3) is 0 Å². The predicted molar refractivity (Wildman–Crippen MR) is 104 cm³/mol. The van der Waals surface area contributed by atoms with Crippen molar-refractivity contribution < 1.29 is 19.1 Å². The largest absolute Gasteiger partial charge is 0.493 e. The summed E-state index contributed by atoms with van der Waals surface area (Å²) in [5, 5.41) is 2.82. The number of carbonyl (C=O) groups excluding carboxylic acids is 2. The molecule has 1 aromatic heterocycles. The molecule has 0 saturated carbocycles. The topological polar surface area (TPSA) is 93.7 Å². The van der Waals surface area contributed by atoms with Crippen molar-refractivity contribution in [3.63, 3.8) is 0 Å². The lowest BCUT2D eigenvalue weighted by atomic mass is 9.89. The maximum absolute atomic E-state index is 13.0. The number of Topliss-reactive ketones (excluding diaryl/α,β-unsaturated/α-hetero) is 1. The van der Waals surface area contributed by atoms with Crippen molar-refractivity contribution in [1.82, 2.24) is 14.9 Å². The van der Waals surface area contributed by atoms with Crippen LogP contribution in [0.15, 0.2) is 30.6 Å². The van der Waals surface area contributed by atoms with Crippen molar-refractivity contribution in [3.05, 3.63) is 41.7 Å². The zero-order valence-electron chi connectivity index (χ0n) is 16.3. The minimum absolute atomic E-state index is 0.000217. The predicted octanol–water partition coefficient (Wildman–Crippen LogP) is 2.27. The van der Waals surface area contributed by atoms with Crippen LogP contribution in [0.2, 0.25) is 0 Å². The highest BCUT2D eigenvalue weighted by Gasteiger charge is 2.30. The van der Waals surface area contributed by atoms with E-state index in [0.717, 1.165) is 12.8 Å². The number of piperidine rings is 1. The van der Waals surface area contributed by atoms with Gasteiger partial charge in [0.1, 0.15) is 0 Å². The van der Waals surface area contributed by atoms with Gasteiger partial charge >= 0.3 is 0 Å². The van der Waals surface area contributed by atoms with Crippen LogP contribution in [0.5, 0.6) is 11.5 Å². The first-order valence-corrected chi connectivity index (χ1v) is 9.12. The summed E-state index contributed by atoms with van der Waals surface area (Å²) in [4.78, 5) is 35.6. The molecule has 1 aromatic carbocycles. The van der Waals surface area contributed by atoms with Crippen molar-refractivity contribution >= 4 is 17.6 Å². The average molecular weight is 384 g/mol. The molecule has 8 nitrogen and oxygen atoms in total. The number of benzene rings is 1. The van der Waals surface area contributed by atoms with Crippen molar-refractivity contribution in [2.45, 2.75) is 12.8 Å². The van der Waals surface area contributed by atoms with Crippen molar-refractivity contribution in [2.75, 3.05) is 39.7 Å². The molecule has 1 fully saturated rings. The van der Waals surface area contributed by atoms with Crippen LogP contribution in [0, 0.1) is 5.92 Å². The Morgan fingerprint density at radius 1 is 1.11 bits per heavy atom. The third-order valence-corrected chi connectivity index (χ3v) is 4.87. The molecule has 2 heterocycles. The normalized spacial score (nSPS) is 16.4. The van der Waals surface area contributed by atoms with Crippen LogP contribution in [0.1, 0.15) is 33.6 Å². The van der Waals surface area contributed by atoms with Gasteiger partial charge in [-0.25, -0.2) is 9.97 Å². The minimum atomic E-state index is -0.256. The van der Waals surface area contributed by atoms with E-state index in [0.29, 0.717) is 41.7 Å². The monoisotopic (exact) mass is 384 g/mol. The van der Waals surface area contributed by atoms with E-state index in [2.05, 4.69) is 15.3 Å². The highest BCUT2D eigenvalue weighted by molar-refractivity contribution is 5.99. The Morgan fingerprint density at radius 3 is 2.46 bits per heavy atom. The zero-order valence-corrected chi connectivity index (χ0v) is 16.3. The smallest absolute Gasteiger partial charge is 0.257 e. The summed E-state index contributed by atoms with van der Waals surface area (Å²) in [6.07, 6.45) is 4.51. The van der Waals surface area contributed by atoms with Crippen molar-refractivity contribution in [1.29, 1.82) is 0 Å². The number of likely N-dealkylation sites (tertiary alicyclic amines) is 1. The van der Waals surface area contributed by atoms with Gasteiger partial charge in [0.25, 0.3) is 5.91 Å². The summed E-state index contributed by atoms with van der Waals surface area (Å²) in [6.45, 7) is 0.988. The van der Waals surface area contributed by atoms with Crippen LogP contribution in [-0.4, -0.2) is 60.9 Å². The van der Waals surface area contributed by atoms with Crippen LogP contribution < -0.4 is 14.8 Å². The Hall–Kier alpha value is -3.16. The standard InChI is InChI=1S/C20H24N4O4/c1-21-20-22-10-15(11-23-20)19(26)24-8-4-5-14(12-24)18(25)13-6-7-16(27-2)17(9-13)28-3/h6-7,9-11,14H,4-5,8,12H2,1-3H3,(H,21,22,23).